The Morgan fingerprint density at radius 3 is 2.61 bits per heavy atom. The van der Waals surface area contributed by atoms with Gasteiger partial charge < -0.3 is 4.74 Å². The van der Waals surface area contributed by atoms with Gasteiger partial charge in [0.15, 0.2) is 6.61 Å². The lowest BCUT2D eigenvalue weighted by atomic mass is 10.2. The van der Waals surface area contributed by atoms with Gasteiger partial charge in [0.25, 0.3) is 11.8 Å². The molecule has 0 fully saturated rings. The minimum Gasteiger partial charge on any atom is -0.484 e. The van der Waals surface area contributed by atoms with Crippen LogP contribution in [0.4, 0.5) is 0 Å². The van der Waals surface area contributed by atoms with Gasteiger partial charge in [0.05, 0.1) is 0 Å². The van der Waals surface area contributed by atoms with Crippen LogP contribution in [0.25, 0.3) is 0 Å². The largest absolute Gasteiger partial charge is 0.484 e. The summed E-state index contributed by atoms with van der Waals surface area (Å²) in [5.74, 6) is -0.295. The van der Waals surface area contributed by atoms with E-state index in [1.165, 1.54) is 6.07 Å². The summed E-state index contributed by atoms with van der Waals surface area (Å²) in [6.45, 7) is 1.85. The quantitative estimate of drug-likeness (QED) is 0.827. The molecule has 0 heterocycles. The average molecular weight is 333 g/mol. The molecule has 2 N–H and O–H groups in total. The van der Waals surface area contributed by atoms with Gasteiger partial charge in [-0.3, -0.25) is 20.4 Å². The summed E-state index contributed by atoms with van der Waals surface area (Å²) in [6.07, 6.45) is 0.888. The number of hydrazine groups is 1. The van der Waals surface area contributed by atoms with Crippen LogP contribution in [-0.2, 0) is 11.2 Å². The second-order valence-corrected chi connectivity index (χ2v) is 5.24. The predicted octanol–water partition coefficient (Wildman–Crippen LogP) is 2.74. The SMILES string of the molecule is CCc1cccc(OCC(=O)NNC(=O)c2cccc(Cl)c2)c1. The summed E-state index contributed by atoms with van der Waals surface area (Å²) in [7, 11) is 0. The van der Waals surface area contributed by atoms with E-state index in [1.807, 2.05) is 25.1 Å². The molecule has 0 unspecified atom stereocenters. The lowest BCUT2D eigenvalue weighted by molar-refractivity contribution is -0.123. The van der Waals surface area contributed by atoms with Crippen molar-refractivity contribution in [3.63, 3.8) is 0 Å². The summed E-state index contributed by atoms with van der Waals surface area (Å²) >= 11 is 5.81. The molecule has 6 heteroatoms. The first-order chi connectivity index (χ1) is 11.1. The number of halogens is 1. The van der Waals surface area contributed by atoms with Crippen molar-refractivity contribution in [2.24, 2.45) is 0 Å². The van der Waals surface area contributed by atoms with Crippen molar-refractivity contribution < 1.29 is 14.3 Å². The molecular weight excluding hydrogens is 316 g/mol. The van der Waals surface area contributed by atoms with Crippen LogP contribution in [-0.4, -0.2) is 18.4 Å². The third-order valence-corrected chi connectivity index (χ3v) is 3.31. The van der Waals surface area contributed by atoms with Gasteiger partial charge >= 0.3 is 0 Å². The molecule has 23 heavy (non-hydrogen) atoms. The first-order valence-electron chi connectivity index (χ1n) is 7.15. The Kier molecular flexibility index (Phi) is 6.00. The third kappa shape index (κ3) is 5.30. The van der Waals surface area contributed by atoms with Crippen molar-refractivity contribution >= 4 is 23.4 Å². The van der Waals surface area contributed by atoms with Crippen LogP contribution in [0.2, 0.25) is 5.02 Å². The topological polar surface area (TPSA) is 67.4 Å². The van der Waals surface area contributed by atoms with Crippen LogP contribution in [0, 0.1) is 0 Å². The van der Waals surface area contributed by atoms with E-state index in [9.17, 15) is 9.59 Å². The maximum atomic E-state index is 11.8. The summed E-state index contributed by atoms with van der Waals surface area (Å²) < 4.78 is 5.38. The van der Waals surface area contributed by atoms with Crippen molar-refractivity contribution in [1.82, 2.24) is 10.9 Å². The van der Waals surface area contributed by atoms with Crippen molar-refractivity contribution in [3.8, 4) is 5.75 Å². The number of aryl methyl sites for hydroxylation is 1. The third-order valence-electron chi connectivity index (χ3n) is 3.08. The van der Waals surface area contributed by atoms with Gasteiger partial charge in [0.2, 0.25) is 0 Å². The van der Waals surface area contributed by atoms with Crippen LogP contribution in [0.1, 0.15) is 22.8 Å². The fourth-order valence-electron chi connectivity index (χ4n) is 1.87. The molecule has 0 saturated carbocycles. The fourth-order valence-corrected chi connectivity index (χ4v) is 2.06. The zero-order chi connectivity index (χ0) is 16.7. The molecule has 0 radical (unpaired) electrons. The highest BCUT2D eigenvalue weighted by Crippen LogP contribution is 2.13. The van der Waals surface area contributed by atoms with E-state index >= 15 is 0 Å². The number of rotatable bonds is 5. The molecule has 120 valence electrons. The van der Waals surface area contributed by atoms with E-state index in [1.54, 1.807) is 24.3 Å². The highest BCUT2D eigenvalue weighted by Gasteiger charge is 2.08. The lowest BCUT2D eigenvalue weighted by Crippen LogP contribution is -2.43. The molecule has 5 nitrogen and oxygen atoms in total. The van der Waals surface area contributed by atoms with E-state index in [-0.39, 0.29) is 6.61 Å². The number of benzene rings is 2. The molecule has 2 amide bonds. The minimum atomic E-state index is -0.456. The van der Waals surface area contributed by atoms with Gasteiger partial charge in [0.1, 0.15) is 5.75 Å². The smallest absolute Gasteiger partial charge is 0.276 e. The zero-order valence-corrected chi connectivity index (χ0v) is 13.4. The lowest BCUT2D eigenvalue weighted by Gasteiger charge is -2.09. The normalized spacial score (nSPS) is 10.0. The number of hydrogen-bond donors (Lipinski definition) is 2. The van der Waals surface area contributed by atoms with E-state index in [0.717, 1.165) is 12.0 Å². The summed E-state index contributed by atoms with van der Waals surface area (Å²) in [6, 6.07) is 13.9. The van der Waals surface area contributed by atoms with Crippen molar-refractivity contribution in [1.29, 1.82) is 0 Å². The van der Waals surface area contributed by atoms with E-state index in [0.29, 0.717) is 16.3 Å². The second kappa shape index (κ2) is 8.19. The first-order valence-corrected chi connectivity index (χ1v) is 7.52. The van der Waals surface area contributed by atoms with Crippen molar-refractivity contribution in [2.45, 2.75) is 13.3 Å². The summed E-state index contributed by atoms with van der Waals surface area (Å²) in [5.41, 5.74) is 6.08. The van der Waals surface area contributed by atoms with E-state index in [2.05, 4.69) is 10.9 Å². The Labute approximate surface area is 139 Å². The Balaban J connectivity index is 1.79. The molecule has 0 saturated heterocycles. The molecule has 0 spiro atoms. The molecule has 0 atom stereocenters. The van der Waals surface area contributed by atoms with Crippen LogP contribution < -0.4 is 15.6 Å². The Hall–Kier alpha value is -2.53. The molecule has 0 aromatic heterocycles. The van der Waals surface area contributed by atoms with Crippen molar-refractivity contribution in [3.05, 3.63) is 64.7 Å². The Morgan fingerprint density at radius 2 is 1.87 bits per heavy atom. The summed E-state index contributed by atoms with van der Waals surface area (Å²) in [4.78, 5) is 23.5. The number of carbonyl (C=O) groups excluding carboxylic acids is 2. The van der Waals surface area contributed by atoms with Crippen LogP contribution in [0.15, 0.2) is 48.5 Å². The van der Waals surface area contributed by atoms with Gasteiger partial charge in [-0.15, -0.1) is 0 Å². The number of hydrogen-bond acceptors (Lipinski definition) is 3. The number of nitrogens with one attached hydrogen (secondary N) is 2. The molecule has 2 rings (SSSR count). The monoisotopic (exact) mass is 332 g/mol. The molecule has 0 aliphatic heterocycles. The van der Waals surface area contributed by atoms with Gasteiger partial charge in [0, 0.05) is 10.6 Å². The van der Waals surface area contributed by atoms with Gasteiger partial charge in [-0.1, -0.05) is 36.7 Å². The first kappa shape index (κ1) is 16.8. The highest BCUT2D eigenvalue weighted by molar-refractivity contribution is 6.30. The van der Waals surface area contributed by atoms with Gasteiger partial charge in [-0.25, -0.2) is 0 Å². The van der Waals surface area contributed by atoms with E-state index < -0.39 is 11.8 Å². The van der Waals surface area contributed by atoms with Gasteiger partial charge in [-0.05, 0) is 42.3 Å². The standard InChI is InChI=1S/C17H17ClN2O3/c1-2-12-5-3-8-15(9-12)23-11-16(21)19-20-17(22)13-6-4-7-14(18)10-13/h3-10H,2,11H2,1H3,(H,19,21)(H,20,22). The average Bonchev–Trinajstić information content (AvgIpc) is 2.58. The Morgan fingerprint density at radius 1 is 1.09 bits per heavy atom. The maximum Gasteiger partial charge on any atom is 0.276 e. The van der Waals surface area contributed by atoms with Crippen LogP contribution in [0.5, 0.6) is 5.75 Å². The maximum absolute atomic E-state index is 11.8. The molecule has 0 aliphatic rings. The molecule has 2 aromatic rings. The highest BCUT2D eigenvalue weighted by atomic mass is 35.5. The van der Waals surface area contributed by atoms with Crippen molar-refractivity contribution in [2.75, 3.05) is 6.61 Å². The predicted molar refractivity (Wildman–Crippen MR) is 88.4 cm³/mol. The fraction of sp³-hybridized carbons (Fsp3) is 0.176. The number of amides is 2. The van der Waals surface area contributed by atoms with Crippen LogP contribution >= 0.6 is 11.6 Å². The second-order valence-electron chi connectivity index (χ2n) is 4.80. The molecular formula is C17H17ClN2O3. The number of carbonyl (C=O) groups is 2. The van der Waals surface area contributed by atoms with E-state index in [4.69, 9.17) is 16.3 Å². The molecule has 0 aliphatic carbocycles. The number of ether oxygens (including phenoxy) is 1. The van der Waals surface area contributed by atoms with Gasteiger partial charge in [-0.2, -0.15) is 0 Å². The molecule has 0 bridgehead atoms. The summed E-state index contributed by atoms with van der Waals surface area (Å²) in [5, 5.41) is 0.447. The minimum absolute atomic E-state index is 0.191. The zero-order valence-electron chi connectivity index (χ0n) is 12.6. The molecule has 2 aromatic carbocycles. The van der Waals surface area contributed by atoms with Crippen LogP contribution in [0.3, 0.4) is 0 Å². The Bertz CT molecular complexity index is 704.